The van der Waals surface area contributed by atoms with Crippen molar-refractivity contribution in [2.45, 2.75) is 103 Å². The molecule has 1 spiro atoms. The van der Waals surface area contributed by atoms with E-state index in [1.54, 1.807) is 0 Å². The molecule has 0 N–H and O–H groups in total. The van der Waals surface area contributed by atoms with Crippen LogP contribution < -0.4 is 0 Å². The minimum absolute atomic E-state index is 0. The molecule has 2 unspecified atom stereocenters. The maximum Gasteiger partial charge on any atom is 0.321 e. The standard InChI is InChI=1S/C31H46F2N4O2.ClH/c1-21(2)37-29(39)35(19-27(32)33)20-31(37)13-24-11-12-25(14-31)36(24)17-23-16-34(28(38)15-30(3,4)5)18-26(23)22-9-7-6-8-10-22;/h6-10,21,23-27H,11-20H2,1-5H3;1H/t23-,24?,25?,26-,31?;/m1./s1. The fourth-order valence-electron chi connectivity index (χ4n) is 8.14. The molecule has 40 heavy (non-hydrogen) atoms. The largest absolute Gasteiger partial charge is 0.342 e. The molecule has 4 saturated heterocycles. The minimum atomic E-state index is -2.52. The number of likely N-dealkylation sites (tertiary alicyclic amines) is 1. The molecule has 4 heterocycles. The highest BCUT2D eigenvalue weighted by Crippen LogP contribution is 2.48. The Bertz CT molecular complexity index is 1040. The van der Waals surface area contributed by atoms with E-state index in [1.165, 1.54) is 10.5 Å². The van der Waals surface area contributed by atoms with E-state index in [4.69, 9.17) is 0 Å². The van der Waals surface area contributed by atoms with Crippen LogP contribution in [0.2, 0.25) is 0 Å². The Morgan fingerprint density at radius 1 is 1.05 bits per heavy atom. The molecule has 9 heteroatoms. The van der Waals surface area contributed by atoms with Crippen molar-refractivity contribution in [1.29, 1.82) is 0 Å². The Balaban J connectivity index is 0.00000370. The van der Waals surface area contributed by atoms with Gasteiger partial charge in [0, 0.05) is 56.6 Å². The average Bonchev–Trinajstić information content (AvgIpc) is 3.44. The second-order valence-corrected chi connectivity index (χ2v) is 14.0. The van der Waals surface area contributed by atoms with Crippen LogP contribution in [0.4, 0.5) is 13.6 Å². The molecular weight excluding hydrogens is 534 g/mol. The Labute approximate surface area is 244 Å². The van der Waals surface area contributed by atoms with Crippen molar-refractivity contribution in [3.05, 3.63) is 35.9 Å². The number of hydrogen-bond acceptors (Lipinski definition) is 3. The summed E-state index contributed by atoms with van der Waals surface area (Å²) in [6.07, 6.45) is 1.86. The van der Waals surface area contributed by atoms with Crippen LogP contribution >= 0.6 is 12.4 Å². The predicted octanol–water partition coefficient (Wildman–Crippen LogP) is 5.86. The summed E-state index contributed by atoms with van der Waals surface area (Å²) in [6.45, 7) is 12.7. The monoisotopic (exact) mass is 580 g/mol. The molecule has 2 bridgehead atoms. The third-order valence-corrected chi connectivity index (χ3v) is 9.50. The van der Waals surface area contributed by atoms with Gasteiger partial charge in [-0.2, -0.15) is 0 Å². The third-order valence-electron chi connectivity index (χ3n) is 9.50. The summed E-state index contributed by atoms with van der Waals surface area (Å²) in [5.74, 6) is 0.880. The number of benzene rings is 1. The van der Waals surface area contributed by atoms with Crippen molar-refractivity contribution in [2.24, 2.45) is 11.3 Å². The Kier molecular flexibility index (Phi) is 9.11. The smallest absolute Gasteiger partial charge is 0.321 e. The number of carbonyl (C=O) groups is 2. The zero-order valence-corrected chi connectivity index (χ0v) is 25.5. The first kappa shape index (κ1) is 31.0. The number of carbonyl (C=O) groups excluding carboxylic acids is 2. The zero-order valence-electron chi connectivity index (χ0n) is 24.7. The van der Waals surface area contributed by atoms with Gasteiger partial charge in [0.15, 0.2) is 0 Å². The highest BCUT2D eigenvalue weighted by Gasteiger charge is 2.58. The molecule has 4 aliphatic rings. The second kappa shape index (κ2) is 11.7. The van der Waals surface area contributed by atoms with E-state index >= 15 is 0 Å². The van der Waals surface area contributed by atoms with Crippen molar-refractivity contribution in [1.82, 2.24) is 19.6 Å². The molecule has 4 fully saturated rings. The van der Waals surface area contributed by atoms with Gasteiger partial charge in [0.2, 0.25) is 5.91 Å². The van der Waals surface area contributed by atoms with Crippen molar-refractivity contribution < 1.29 is 18.4 Å². The number of alkyl halides is 2. The highest BCUT2D eigenvalue weighted by molar-refractivity contribution is 5.85. The van der Waals surface area contributed by atoms with E-state index in [2.05, 4.69) is 54.8 Å². The molecule has 4 atom stereocenters. The quantitative estimate of drug-likeness (QED) is 0.406. The summed E-state index contributed by atoms with van der Waals surface area (Å²) >= 11 is 0. The van der Waals surface area contributed by atoms with E-state index in [0.29, 0.717) is 36.9 Å². The van der Waals surface area contributed by atoms with Gasteiger partial charge in [0.05, 0.1) is 12.1 Å². The molecule has 4 aliphatic heterocycles. The molecule has 1 aromatic rings. The molecule has 0 aliphatic carbocycles. The lowest BCUT2D eigenvalue weighted by Crippen LogP contribution is -2.60. The van der Waals surface area contributed by atoms with Gasteiger partial charge in [-0.15, -0.1) is 12.4 Å². The molecule has 1 aromatic carbocycles. The normalized spacial score (nSPS) is 30.7. The topological polar surface area (TPSA) is 47.1 Å². The minimum Gasteiger partial charge on any atom is -0.342 e. The summed E-state index contributed by atoms with van der Waals surface area (Å²) < 4.78 is 26.6. The average molecular weight is 581 g/mol. The molecule has 5 rings (SSSR count). The molecule has 0 radical (unpaired) electrons. The van der Waals surface area contributed by atoms with Crippen molar-refractivity contribution in [3.63, 3.8) is 0 Å². The van der Waals surface area contributed by atoms with Crippen LogP contribution in [0.25, 0.3) is 0 Å². The fraction of sp³-hybridized carbons (Fsp3) is 0.742. The number of urea groups is 1. The highest BCUT2D eigenvalue weighted by atomic mass is 35.5. The van der Waals surface area contributed by atoms with E-state index in [9.17, 15) is 18.4 Å². The lowest BCUT2D eigenvalue weighted by molar-refractivity contribution is -0.132. The lowest BCUT2D eigenvalue weighted by Gasteiger charge is -2.50. The third kappa shape index (κ3) is 6.13. The van der Waals surface area contributed by atoms with Gasteiger partial charge in [-0.1, -0.05) is 51.1 Å². The van der Waals surface area contributed by atoms with Crippen molar-refractivity contribution in [2.75, 3.05) is 32.7 Å². The van der Waals surface area contributed by atoms with Gasteiger partial charge >= 0.3 is 6.03 Å². The van der Waals surface area contributed by atoms with Gasteiger partial charge in [-0.3, -0.25) is 9.69 Å². The van der Waals surface area contributed by atoms with E-state index in [-0.39, 0.29) is 41.3 Å². The second-order valence-electron chi connectivity index (χ2n) is 14.0. The number of amides is 3. The maximum atomic E-state index is 13.3. The molecular formula is C31H47ClF2N4O2. The van der Waals surface area contributed by atoms with Gasteiger partial charge in [-0.25, -0.2) is 13.6 Å². The maximum absolute atomic E-state index is 13.3. The molecule has 3 amide bonds. The van der Waals surface area contributed by atoms with Crippen LogP contribution in [-0.2, 0) is 4.79 Å². The molecule has 6 nitrogen and oxygen atoms in total. The predicted molar refractivity (Wildman–Crippen MR) is 156 cm³/mol. The van der Waals surface area contributed by atoms with Crippen LogP contribution in [0.5, 0.6) is 0 Å². The zero-order chi connectivity index (χ0) is 28.1. The first-order valence-electron chi connectivity index (χ1n) is 14.8. The SMILES string of the molecule is CC(C)N1C(=O)N(CC(F)F)CC12CC1CCC(C2)N1C[C@H]1CN(C(=O)CC(C)(C)C)C[C@@H]1c1ccccc1.Cl. The number of halogens is 3. The van der Waals surface area contributed by atoms with E-state index in [0.717, 1.165) is 45.3 Å². The number of hydrogen-bond donors (Lipinski definition) is 0. The fourth-order valence-corrected chi connectivity index (χ4v) is 8.14. The summed E-state index contributed by atoms with van der Waals surface area (Å²) in [6, 6.07) is 11.0. The van der Waals surface area contributed by atoms with Crippen LogP contribution in [0.3, 0.4) is 0 Å². The van der Waals surface area contributed by atoms with E-state index in [1.807, 2.05) is 24.8 Å². The first-order chi connectivity index (χ1) is 18.4. The number of fused-ring (bicyclic) bond motifs is 2. The lowest BCUT2D eigenvalue weighted by atomic mass is 9.80. The van der Waals surface area contributed by atoms with Crippen LogP contribution in [-0.4, -0.2) is 94.4 Å². The number of piperidine rings is 1. The van der Waals surface area contributed by atoms with Crippen LogP contribution in [0.15, 0.2) is 30.3 Å². The molecule has 0 saturated carbocycles. The van der Waals surface area contributed by atoms with Crippen LogP contribution in [0, 0.1) is 11.3 Å². The van der Waals surface area contributed by atoms with Gasteiger partial charge in [0.1, 0.15) is 0 Å². The van der Waals surface area contributed by atoms with E-state index < -0.39 is 13.0 Å². The Morgan fingerprint density at radius 2 is 1.68 bits per heavy atom. The van der Waals surface area contributed by atoms with Gasteiger partial charge < -0.3 is 14.7 Å². The summed E-state index contributed by atoms with van der Waals surface area (Å²) in [5, 5.41) is 0. The van der Waals surface area contributed by atoms with Crippen molar-refractivity contribution >= 4 is 24.3 Å². The Hall–Kier alpha value is -1.93. The summed E-state index contributed by atoms with van der Waals surface area (Å²) in [4.78, 5) is 34.5. The number of nitrogens with zero attached hydrogens (tertiary/aromatic N) is 4. The van der Waals surface area contributed by atoms with Crippen molar-refractivity contribution in [3.8, 4) is 0 Å². The Morgan fingerprint density at radius 3 is 2.23 bits per heavy atom. The summed E-state index contributed by atoms with van der Waals surface area (Å²) in [5.41, 5.74) is 0.882. The molecule has 0 aromatic heterocycles. The molecule has 224 valence electrons. The van der Waals surface area contributed by atoms with Crippen LogP contribution in [0.1, 0.15) is 78.2 Å². The van der Waals surface area contributed by atoms with Gasteiger partial charge in [-0.05, 0) is 56.4 Å². The number of rotatable bonds is 7. The first-order valence-corrected chi connectivity index (χ1v) is 14.8. The summed E-state index contributed by atoms with van der Waals surface area (Å²) in [7, 11) is 0. The van der Waals surface area contributed by atoms with Gasteiger partial charge in [0.25, 0.3) is 6.43 Å².